The van der Waals surface area contributed by atoms with E-state index < -0.39 is 0 Å². The standard InChI is InChI=1S/C18H29NO4/c1-12-10-14(22-17(12)20)6-3-4-8-19-9-5-7-15(19)16-11-13(2)18(21)23-16/h12-16H,3-11H2,1-2H3/t12-,13-,14-,15-,16+/m1/s1. The van der Waals surface area contributed by atoms with Crippen molar-refractivity contribution in [1.29, 1.82) is 0 Å². The highest BCUT2D eigenvalue weighted by atomic mass is 16.6. The molecule has 5 heteroatoms. The summed E-state index contributed by atoms with van der Waals surface area (Å²) in [6.45, 7) is 6.08. The second-order valence-corrected chi connectivity index (χ2v) is 7.55. The van der Waals surface area contributed by atoms with Crippen LogP contribution in [0.15, 0.2) is 0 Å². The molecule has 3 rings (SSSR count). The van der Waals surface area contributed by atoms with Gasteiger partial charge in [-0.05, 0) is 58.0 Å². The second-order valence-electron chi connectivity index (χ2n) is 7.55. The third kappa shape index (κ3) is 3.87. The predicted octanol–water partition coefficient (Wildman–Crippen LogP) is 2.52. The van der Waals surface area contributed by atoms with Crippen molar-refractivity contribution in [3.8, 4) is 0 Å². The topological polar surface area (TPSA) is 55.8 Å². The van der Waals surface area contributed by atoms with Gasteiger partial charge in [-0.2, -0.15) is 0 Å². The molecule has 3 heterocycles. The third-order valence-electron chi connectivity index (χ3n) is 5.62. The maximum atomic E-state index is 11.6. The van der Waals surface area contributed by atoms with Crippen LogP contribution in [-0.2, 0) is 19.1 Å². The molecule has 130 valence electrons. The van der Waals surface area contributed by atoms with Crippen LogP contribution < -0.4 is 0 Å². The van der Waals surface area contributed by atoms with E-state index in [0.29, 0.717) is 6.04 Å². The molecule has 3 saturated heterocycles. The lowest BCUT2D eigenvalue weighted by Crippen LogP contribution is -2.39. The average Bonchev–Trinajstić information content (AvgIpc) is 3.18. The molecule has 0 saturated carbocycles. The molecule has 0 N–H and O–H groups in total. The Bertz CT molecular complexity index is 452. The van der Waals surface area contributed by atoms with Crippen molar-refractivity contribution in [2.24, 2.45) is 11.8 Å². The molecule has 5 nitrogen and oxygen atoms in total. The van der Waals surface area contributed by atoms with E-state index in [0.717, 1.165) is 51.6 Å². The van der Waals surface area contributed by atoms with E-state index in [4.69, 9.17) is 9.47 Å². The van der Waals surface area contributed by atoms with E-state index in [1.54, 1.807) is 0 Å². The van der Waals surface area contributed by atoms with Crippen molar-refractivity contribution in [2.75, 3.05) is 13.1 Å². The largest absolute Gasteiger partial charge is 0.462 e. The first-order valence-corrected chi connectivity index (χ1v) is 9.19. The molecule has 3 fully saturated rings. The van der Waals surface area contributed by atoms with E-state index in [1.165, 1.54) is 6.42 Å². The number of carbonyl (C=O) groups is 2. The summed E-state index contributed by atoms with van der Waals surface area (Å²) in [5.41, 5.74) is 0. The van der Waals surface area contributed by atoms with Gasteiger partial charge in [0.15, 0.2) is 0 Å². The van der Waals surface area contributed by atoms with E-state index in [9.17, 15) is 9.59 Å². The zero-order valence-electron chi connectivity index (χ0n) is 14.3. The molecule has 0 radical (unpaired) electrons. The Morgan fingerprint density at radius 2 is 1.78 bits per heavy atom. The van der Waals surface area contributed by atoms with Crippen LogP contribution in [0.1, 0.15) is 58.8 Å². The third-order valence-corrected chi connectivity index (χ3v) is 5.62. The normalized spacial score (nSPS) is 38.1. The summed E-state index contributed by atoms with van der Waals surface area (Å²) < 4.78 is 10.9. The van der Waals surface area contributed by atoms with Crippen LogP contribution in [0.3, 0.4) is 0 Å². The first-order chi connectivity index (χ1) is 11.0. The highest BCUT2D eigenvalue weighted by Crippen LogP contribution is 2.31. The Labute approximate surface area is 138 Å². The quantitative estimate of drug-likeness (QED) is 0.555. The zero-order chi connectivity index (χ0) is 16.4. The maximum Gasteiger partial charge on any atom is 0.309 e. The monoisotopic (exact) mass is 323 g/mol. The minimum absolute atomic E-state index is 0.0287. The number of esters is 2. The molecular weight excluding hydrogens is 294 g/mol. The van der Waals surface area contributed by atoms with Gasteiger partial charge in [0.05, 0.1) is 11.8 Å². The van der Waals surface area contributed by atoms with Gasteiger partial charge in [-0.15, -0.1) is 0 Å². The molecule has 3 aliphatic rings. The van der Waals surface area contributed by atoms with Crippen LogP contribution in [-0.4, -0.2) is 48.2 Å². The Balaban J connectivity index is 1.38. The number of unbranched alkanes of at least 4 members (excludes halogenated alkanes) is 1. The SMILES string of the molecule is C[C@@H]1C[C@@H](CCCCN2CCC[C@@H]2[C@@H]2C[C@@H](C)C(=O)O2)OC1=O. The summed E-state index contributed by atoms with van der Waals surface area (Å²) >= 11 is 0. The highest BCUT2D eigenvalue weighted by molar-refractivity contribution is 5.74. The molecule has 0 spiro atoms. The summed E-state index contributed by atoms with van der Waals surface area (Å²) in [4.78, 5) is 25.5. The number of hydrogen-bond donors (Lipinski definition) is 0. The molecule has 0 aromatic rings. The summed E-state index contributed by atoms with van der Waals surface area (Å²) in [6, 6.07) is 0.410. The summed E-state index contributed by atoms with van der Waals surface area (Å²) in [6.07, 6.45) is 7.50. The fourth-order valence-corrected chi connectivity index (χ4v) is 4.23. The van der Waals surface area contributed by atoms with Gasteiger partial charge in [-0.25, -0.2) is 0 Å². The minimum Gasteiger partial charge on any atom is -0.462 e. The Kier molecular flexibility index (Phi) is 5.24. The lowest BCUT2D eigenvalue weighted by Gasteiger charge is -2.28. The fourth-order valence-electron chi connectivity index (χ4n) is 4.23. The molecule has 5 atom stereocenters. The molecule has 0 aromatic carbocycles. The molecular formula is C18H29NO4. The Morgan fingerprint density at radius 1 is 1.04 bits per heavy atom. The van der Waals surface area contributed by atoms with E-state index >= 15 is 0 Å². The van der Waals surface area contributed by atoms with Crippen LogP contribution in [0.25, 0.3) is 0 Å². The van der Waals surface area contributed by atoms with Crippen molar-refractivity contribution in [3.05, 3.63) is 0 Å². The van der Waals surface area contributed by atoms with Gasteiger partial charge < -0.3 is 9.47 Å². The Morgan fingerprint density at radius 3 is 2.43 bits per heavy atom. The minimum atomic E-state index is -0.0354. The van der Waals surface area contributed by atoms with Crippen LogP contribution in [0.5, 0.6) is 0 Å². The number of hydrogen-bond acceptors (Lipinski definition) is 5. The highest BCUT2D eigenvalue weighted by Gasteiger charge is 2.40. The van der Waals surface area contributed by atoms with Gasteiger partial charge in [-0.3, -0.25) is 14.5 Å². The van der Waals surface area contributed by atoms with Crippen molar-refractivity contribution in [3.63, 3.8) is 0 Å². The van der Waals surface area contributed by atoms with Gasteiger partial charge in [0.2, 0.25) is 0 Å². The average molecular weight is 323 g/mol. The van der Waals surface area contributed by atoms with E-state index in [-0.39, 0.29) is 36.0 Å². The van der Waals surface area contributed by atoms with Crippen LogP contribution in [0, 0.1) is 11.8 Å². The first kappa shape index (κ1) is 16.7. The fraction of sp³-hybridized carbons (Fsp3) is 0.889. The number of nitrogens with zero attached hydrogens (tertiary/aromatic N) is 1. The molecule has 0 unspecified atom stereocenters. The maximum absolute atomic E-state index is 11.6. The summed E-state index contributed by atoms with van der Waals surface area (Å²) in [5, 5.41) is 0. The van der Waals surface area contributed by atoms with E-state index in [2.05, 4.69) is 4.90 Å². The van der Waals surface area contributed by atoms with Gasteiger partial charge >= 0.3 is 11.9 Å². The van der Waals surface area contributed by atoms with Crippen molar-refractivity contribution in [2.45, 2.75) is 77.0 Å². The number of likely N-dealkylation sites (tertiary alicyclic amines) is 1. The first-order valence-electron chi connectivity index (χ1n) is 9.19. The van der Waals surface area contributed by atoms with Gasteiger partial charge in [0, 0.05) is 6.04 Å². The van der Waals surface area contributed by atoms with Crippen molar-refractivity contribution < 1.29 is 19.1 Å². The molecule has 0 aromatic heterocycles. The van der Waals surface area contributed by atoms with Crippen LogP contribution in [0.2, 0.25) is 0 Å². The number of cyclic esters (lactones) is 2. The van der Waals surface area contributed by atoms with Gasteiger partial charge in [0.1, 0.15) is 12.2 Å². The molecule has 0 bridgehead atoms. The van der Waals surface area contributed by atoms with Gasteiger partial charge in [-0.1, -0.05) is 13.8 Å². The lowest BCUT2D eigenvalue weighted by atomic mass is 10.00. The second kappa shape index (κ2) is 7.20. The number of rotatable bonds is 6. The zero-order valence-corrected chi connectivity index (χ0v) is 14.3. The van der Waals surface area contributed by atoms with Crippen molar-refractivity contribution >= 4 is 11.9 Å². The molecule has 3 aliphatic heterocycles. The van der Waals surface area contributed by atoms with Crippen LogP contribution in [0.4, 0.5) is 0 Å². The van der Waals surface area contributed by atoms with Crippen molar-refractivity contribution in [1.82, 2.24) is 4.90 Å². The summed E-state index contributed by atoms with van der Waals surface area (Å²) in [5.74, 6) is 0.0642. The molecule has 23 heavy (non-hydrogen) atoms. The molecule has 0 amide bonds. The Hall–Kier alpha value is -1.10. The van der Waals surface area contributed by atoms with Crippen LogP contribution >= 0.6 is 0 Å². The smallest absolute Gasteiger partial charge is 0.309 e. The van der Waals surface area contributed by atoms with Gasteiger partial charge in [0.25, 0.3) is 0 Å². The lowest BCUT2D eigenvalue weighted by molar-refractivity contribution is -0.146. The summed E-state index contributed by atoms with van der Waals surface area (Å²) in [7, 11) is 0. The number of ether oxygens (including phenoxy) is 2. The number of carbonyl (C=O) groups excluding carboxylic acids is 2. The van der Waals surface area contributed by atoms with E-state index in [1.807, 2.05) is 13.8 Å². The predicted molar refractivity (Wildman–Crippen MR) is 85.8 cm³/mol. The molecule has 0 aliphatic carbocycles.